The summed E-state index contributed by atoms with van der Waals surface area (Å²) in [5.41, 5.74) is -0.419. The van der Waals surface area contributed by atoms with Gasteiger partial charge in [0.15, 0.2) is 0 Å². The lowest BCUT2D eigenvalue weighted by Gasteiger charge is -2.37. The Balaban J connectivity index is 1.63. The van der Waals surface area contributed by atoms with Crippen LogP contribution in [0.2, 0.25) is 0 Å². The first-order valence-electron chi connectivity index (χ1n) is 16.0. The molecule has 2 rings (SSSR count). The van der Waals surface area contributed by atoms with Crippen molar-refractivity contribution >= 4 is 23.5 Å². The molecule has 0 radical (unpaired) electrons. The highest BCUT2D eigenvalue weighted by atomic mass is 32.1. The number of carbonyl (C=O) groups excluding carboxylic acids is 1. The molecule has 1 aliphatic heterocycles. The highest BCUT2D eigenvalue weighted by Crippen LogP contribution is 2.26. The summed E-state index contributed by atoms with van der Waals surface area (Å²) in [5, 5.41) is 10.7. The Bertz CT molecular complexity index is 1090. The zero-order valence-corrected chi connectivity index (χ0v) is 28.1. The molecule has 0 aliphatic carbocycles. The minimum absolute atomic E-state index is 0.0143. The molecule has 0 unspecified atom stereocenters. The van der Waals surface area contributed by atoms with Gasteiger partial charge in [0.2, 0.25) is 11.7 Å². The van der Waals surface area contributed by atoms with Crippen LogP contribution < -0.4 is 9.64 Å². The van der Waals surface area contributed by atoms with Gasteiger partial charge in [-0.15, -0.1) is 4.37 Å². The quantitative estimate of drug-likeness (QED) is 0.153. The van der Waals surface area contributed by atoms with E-state index in [2.05, 4.69) is 93.5 Å². The van der Waals surface area contributed by atoms with Crippen LogP contribution in [0.25, 0.3) is 0 Å². The molecular weight excluding hydrogens is 572 g/mol. The second-order valence-corrected chi connectivity index (χ2v) is 12.1. The molecule has 0 spiro atoms. The number of hydrogen-bond donors (Lipinski definition) is 1. The Morgan fingerprint density at radius 2 is 1.43 bits per heavy atom. The number of rotatable bonds is 20. The highest BCUT2D eigenvalue weighted by Gasteiger charge is 2.28. The van der Waals surface area contributed by atoms with Crippen molar-refractivity contribution < 1.29 is 19.4 Å². The van der Waals surface area contributed by atoms with Crippen LogP contribution in [0, 0.1) is 0 Å². The molecule has 244 valence electrons. The van der Waals surface area contributed by atoms with Gasteiger partial charge in [0.1, 0.15) is 12.7 Å². The van der Waals surface area contributed by atoms with Gasteiger partial charge in [0.05, 0.1) is 31.5 Å². The van der Waals surface area contributed by atoms with Crippen molar-refractivity contribution in [2.75, 3.05) is 44.4 Å². The van der Waals surface area contributed by atoms with E-state index in [-0.39, 0.29) is 19.1 Å². The normalized spacial score (nSPS) is 15.7. The molecule has 2 heterocycles. The molecule has 0 bridgehead atoms. The topological polar surface area (TPSA) is 88.0 Å². The van der Waals surface area contributed by atoms with E-state index >= 15 is 0 Å². The van der Waals surface area contributed by atoms with Crippen LogP contribution in [-0.2, 0) is 9.53 Å². The molecule has 1 aliphatic rings. The number of hydrogen-bond acceptors (Lipinski definition) is 8. The first-order valence-corrected chi connectivity index (χ1v) is 16.7. The average molecular weight is 627 g/mol. The molecule has 0 saturated carbocycles. The number of aromatic nitrogens is 2. The molecule has 1 aromatic heterocycles. The number of aliphatic hydroxyl groups is 1. The SMILES string of the molecule is CC/C=C\C/C=C\C/C=C\C/C=C\C/C=C\C/C=C\CCC(=O)N(C[C@H](O)COc1nsnc1N1CCOCC1)C(C)(C)C. The summed E-state index contributed by atoms with van der Waals surface area (Å²) in [7, 11) is 0. The van der Waals surface area contributed by atoms with Crippen molar-refractivity contribution in [1.82, 2.24) is 13.6 Å². The fourth-order valence-corrected chi connectivity index (χ4v) is 4.93. The number of morpholine rings is 1. The van der Waals surface area contributed by atoms with Crippen LogP contribution in [0.1, 0.15) is 79.1 Å². The summed E-state index contributed by atoms with van der Waals surface area (Å²) < 4.78 is 19.8. The summed E-state index contributed by atoms with van der Waals surface area (Å²) >= 11 is 1.09. The molecule has 1 saturated heterocycles. The fourth-order valence-electron chi connectivity index (χ4n) is 4.40. The van der Waals surface area contributed by atoms with E-state index < -0.39 is 11.6 Å². The number of ether oxygens (including phenoxy) is 2. The van der Waals surface area contributed by atoms with E-state index in [9.17, 15) is 9.90 Å². The van der Waals surface area contributed by atoms with E-state index in [0.29, 0.717) is 37.8 Å². The second kappa shape index (κ2) is 22.5. The first-order chi connectivity index (χ1) is 21.3. The lowest BCUT2D eigenvalue weighted by molar-refractivity contribution is -0.138. The molecule has 0 aromatic carbocycles. The van der Waals surface area contributed by atoms with Gasteiger partial charge in [-0.05, 0) is 65.7 Å². The Hall–Kier alpha value is -3.01. The Morgan fingerprint density at radius 3 is 1.95 bits per heavy atom. The Labute approximate surface area is 269 Å². The lowest BCUT2D eigenvalue weighted by atomic mass is 10.0. The van der Waals surface area contributed by atoms with Crippen LogP contribution >= 0.6 is 11.7 Å². The van der Waals surface area contributed by atoms with Crippen molar-refractivity contribution in [2.45, 2.75) is 90.7 Å². The van der Waals surface area contributed by atoms with Crippen molar-refractivity contribution in [3.63, 3.8) is 0 Å². The van der Waals surface area contributed by atoms with Crippen LogP contribution in [0.15, 0.2) is 72.9 Å². The number of amides is 1. The van der Waals surface area contributed by atoms with Crippen LogP contribution in [0.3, 0.4) is 0 Å². The maximum absolute atomic E-state index is 13.1. The highest BCUT2D eigenvalue weighted by molar-refractivity contribution is 6.99. The smallest absolute Gasteiger partial charge is 0.270 e. The summed E-state index contributed by atoms with van der Waals surface area (Å²) in [4.78, 5) is 16.9. The lowest BCUT2D eigenvalue weighted by Crippen LogP contribution is -2.50. The molecule has 1 atom stereocenters. The maximum atomic E-state index is 13.1. The molecule has 1 aromatic rings. The van der Waals surface area contributed by atoms with Gasteiger partial charge < -0.3 is 24.4 Å². The number of aliphatic hydroxyl groups excluding tert-OH is 1. The van der Waals surface area contributed by atoms with E-state index in [4.69, 9.17) is 9.47 Å². The molecule has 8 nitrogen and oxygen atoms in total. The van der Waals surface area contributed by atoms with Crippen LogP contribution in [-0.4, -0.2) is 75.8 Å². The Morgan fingerprint density at radius 1 is 0.909 bits per heavy atom. The monoisotopic (exact) mass is 626 g/mol. The Kier molecular flexibility index (Phi) is 19.0. The molecule has 1 fully saturated rings. The molecular formula is C35H54N4O4S. The van der Waals surface area contributed by atoms with Gasteiger partial charge in [-0.25, -0.2) is 0 Å². The van der Waals surface area contributed by atoms with Gasteiger partial charge in [-0.3, -0.25) is 4.79 Å². The van der Waals surface area contributed by atoms with E-state index in [1.165, 1.54) is 0 Å². The minimum atomic E-state index is -0.844. The predicted molar refractivity (Wildman–Crippen MR) is 183 cm³/mol. The van der Waals surface area contributed by atoms with Gasteiger partial charge >= 0.3 is 0 Å². The summed E-state index contributed by atoms with van der Waals surface area (Å²) in [5.74, 6) is 1.12. The van der Waals surface area contributed by atoms with Crippen molar-refractivity contribution in [3.05, 3.63) is 72.9 Å². The van der Waals surface area contributed by atoms with Crippen molar-refractivity contribution in [2.24, 2.45) is 0 Å². The molecule has 1 N–H and O–H groups in total. The third-order valence-electron chi connectivity index (χ3n) is 6.79. The largest absolute Gasteiger partial charge is 0.472 e. The fraction of sp³-hybridized carbons (Fsp3) is 0.571. The molecule has 44 heavy (non-hydrogen) atoms. The molecule has 9 heteroatoms. The minimum Gasteiger partial charge on any atom is -0.472 e. The van der Waals surface area contributed by atoms with Gasteiger partial charge in [0.25, 0.3) is 5.88 Å². The van der Waals surface area contributed by atoms with E-state index in [1.54, 1.807) is 4.90 Å². The van der Waals surface area contributed by atoms with E-state index in [1.807, 2.05) is 20.8 Å². The molecule has 1 amide bonds. The van der Waals surface area contributed by atoms with Gasteiger partial charge in [-0.1, -0.05) is 79.8 Å². The number of allylic oxidation sites excluding steroid dienone is 12. The second-order valence-electron chi connectivity index (χ2n) is 11.6. The summed E-state index contributed by atoms with van der Waals surface area (Å²) in [6, 6.07) is 0. The third kappa shape index (κ3) is 16.2. The number of nitrogens with zero attached hydrogens (tertiary/aromatic N) is 4. The number of β-amino-alcohol motifs (C(OH)–C–C–N with tert-alkyl or cyclic N) is 1. The zero-order valence-electron chi connectivity index (χ0n) is 27.3. The van der Waals surface area contributed by atoms with Crippen LogP contribution in [0.4, 0.5) is 5.82 Å². The maximum Gasteiger partial charge on any atom is 0.270 e. The predicted octanol–water partition coefficient (Wildman–Crippen LogP) is 7.22. The number of carbonyl (C=O) groups is 1. The summed E-state index contributed by atoms with van der Waals surface area (Å²) in [6.45, 7) is 11.1. The van der Waals surface area contributed by atoms with Gasteiger partial charge in [0, 0.05) is 25.0 Å². The first kappa shape index (κ1) is 37.2. The zero-order chi connectivity index (χ0) is 31.9. The number of anilines is 1. The van der Waals surface area contributed by atoms with Crippen molar-refractivity contribution in [3.8, 4) is 5.88 Å². The van der Waals surface area contributed by atoms with Crippen LogP contribution in [0.5, 0.6) is 5.88 Å². The van der Waals surface area contributed by atoms with E-state index in [0.717, 1.165) is 63.3 Å². The average Bonchev–Trinajstić information content (AvgIpc) is 3.48. The summed E-state index contributed by atoms with van der Waals surface area (Å²) in [6.07, 6.45) is 32.1. The third-order valence-corrected chi connectivity index (χ3v) is 7.29. The van der Waals surface area contributed by atoms with Crippen molar-refractivity contribution in [1.29, 1.82) is 0 Å². The standard InChI is InChI=1S/C35H54N4O4S/c1-5-6-7-8-9-10-11-12-13-14-15-16-17-18-19-20-21-22-23-24-32(41)39(35(2,3)4)29-31(40)30-43-34-33(36-44-37-34)38-25-27-42-28-26-38/h6-7,9-10,12-13,15-16,18-19,21-22,31,40H,5,8,11,14,17,20,23-30H2,1-4H3/b7-6-,10-9-,13-12-,16-15-,19-18-,22-21-/t31-/m0/s1. The van der Waals surface area contributed by atoms with Gasteiger partial charge in [-0.2, -0.15) is 4.37 Å².